The Bertz CT molecular complexity index is 591. The number of rotatable bonds is 5. The zero-order valence-corrected chi connectivity index (χ0v) is 15.0. The number of hydrogen-bond donors (Lipinski definition) is 0. The average molecular weight is 333 g/mol. The van der Waals surface area contributed by atoms with Gasteiger partial charge in [-0.05, 0) is 50.3 Å². The Morgan fingerprint density at radius 1 is 1.25 bits per heavy atom. The van der Waals surface area contributed by atoms with E-state index in [1.54, 1.807) is 4.90 Å². The SMILES string of the molecule is CC[C@H](Oc1cccc(C)c1C)C(=O)N1CCC(C(=O)OC)CC1. The Balaban J connectivity index is 1.99. The first kappa shape index (κ1) is 18.3. The molecule has 1 saturated heterocycles. The van der Waals surface area contributed by atoms with Crippen LogP contribution < -0.4 is 4.74 Å². The number of aryl methyl sites for hydroxylation is 1. The summed E-state index contributed by atoms with van der Waals surface area (Å²) in [6, 6.07) is 5.88. The molecule has 132 valence electrons. The molecular weight excluding hydrogens is 306 g/mol. The molecule has 0 bridgehead atoms. The number of likely N-dealkylation sites (tertiary alicyclic amines) is 1. The molecule has 2 rings (SSSR count). The molecule has 0 radical (unpaired) electrons. The molecule has 1 aliphatic heterocycles. The Morgan fingerprint density at radius 3 is 2.50 bits per heavy atom. The monoisotopic (exact) mass is 333 g/mol. The maximum Gasteiger partial charge on any atom is 0.308 e. The van der Waals surface area contributed by atoms with E-state index in [1.165, 1.54) is 7.11 Å². The van der Waals surface area contributed by atoms with Crippen LogP contribution in [0.3, 0.4) is 0 Å². The number of benzene rings is 1. The molecule has 0 aliphatic carbocycles. The molecule has 1 fully saturated rings. The smallest absolute Gasteiger partial charge is 0.308 e. The highest BCUT2D eigenvalue weighted by molar-refractivity contribution is 5.82. The van der Waals surface area contributed by atoms with Crippen LogP contribution >= 0.6 is 0 Å². The fraction of sp³-hybridized carbons (Fsp3) is 0.579. The van der Waals surface area contributed by atoms with Crippen molar-refractivity contribution < 1.29 is 19.1 Å². The highest BCUT2D eigenvalue weighted by Gasteiger charge is 2.31. The van der Waals surface area contributed by atoms with Crippen molar-refractivity contribution in [2.24, 2.45) is 5.92 Å². The molecule has 0 aromatic heterocycles. The third-order valence-electron chi connectivity index (χ3n) is 4.81. The highest BCUT2D eigenvalue weighted by atomic mass is 16.5. The molecule has 0 saturated carbocycles. The highest BCUT2D eigenvalue weighted by Crippen LogP contribution is 2.24. The summed E-state index contributed by atoms with van der Waals surface area (Å²) in [5.41, 5.74) is 2.21. The van der Waals surface area contributed by atoms with Gasteiger partial charge >= 0.3 is 5.97 Å². The molecule has 1 aromatic carbocycles. The maximum atomic E-state index is 12.8. The number of hydrogen-bond acceptors (Lipinski definition) is 4. The first-order chi connectivity index (χ1) is 11.5. The van der Waals surface area contributed by atoms with Gasteiger partial charge in [-0.15, -0.1) is 0 Å². The molecule has 24 heavy (non-hydrogen) atoms. The third kappa shape index (κ3) is 4.08. The van der Waals surface area contributed by atoms with Crippen LogP contribution in [0.2, 0.25) is 0 Å². The van der Waals surface area contributed by atoms with Gasteiger partial charge in [0.2, 0.25) is 0 Å². The maximum absolute atomic E-state index is 12.8. The summed E-state index contributed by atoms with van der Waals surface area (Å²) in [6.45, 7) is 7.14. The van der Waals surface area contributed by atoms with Gasteiger partial charge in [-0.1, -0.05) is 19.1 Å². The quantitative estimate of drug-likeness (QED) is 0.778. The van der Waals surface area contributed by atoms with Crippen molar-refractivity contribution in [3.8, 4) is 5.75 Å². The predicted molar refractivity (Wildman–Crippen MR) is 91.9 cm³/mol. The van der Waals surface area contributed by atoms with Crippen molar-refractivity contribution >= 4 is 11.9 Å². The fourth-order valence-electron chi connectivity index (χ4n) is 3.02. The van der Waals surface area contributed by atoms with Crippen molar-refractivity contribution in [2.75, 3.05) is 20.2 Å². The molecular formula is C19H27NO4. The molecule has 5 heteroatoms. The number of carbonyl (C=O) groups is 2. The molecule has 1 aliphatic rings. The first-order valence-electron chi connectivity index (χ1n) is 8.57. The van der Waals surface area contributed by atoms with Gasteiger partial charge < -0.3 is 14.4 Å². The van der Waals surface area contributed by atoms with Gasteiger partial charge in [0.05, 0.1) is 13.0 Å². The summed E-state index contributed by atoms with van der Waals surface area (Å²) in [5.74, 6) is 0.487. The summed E-state index contributed by atoms with van der Waals surface area (Å²) in [4.78, 5) is 26.2. The predicted octanol–water partition coefficient (Wildman–Crippen LogP) is 2.87. The van der Waals surface area contributed by atoms with E-state index in [-0.39, 0.29) is 17.8 Å². The van der Waals surface area contributed by atoms with Gasteiger partial charge in [0.15, 0.2) is 6.10 Å². The summed E-state index contributed by atoms with van der Waals surface area (Å²) in [6.07, 6.45) is 1.43. The van der Waals surface area contributed by atoms with Gasteiger partial charge in [0.25, 0.3) is 5.91 Å². The minimum Gasteiger partial charge on any atom is -0.480 e. The fourth-order valence-corrected chi connectivity index (χ4v) is 3.02. The van der Waals surface area contributed by atoms with Gasteiger partial charge in [0.1, 0.15) is 5.75 Å². The average Bonchev–Trinajstić information content (AvgIpc) is 2.62. The van der Waals surface area contributed by atoms with E-state index >= 15 is 0 Å². The van der Waals surface area contributed by atoms with E-state index in [1.807, 2.05) is 39.0 Å². The van der Waals surface area contributed by atoms with Gasteiger partial charge in [-0.3, -0.25) is 9.59 Å². The molecule has 0 spiro atoms. The van der Waals surface area contributed by atoms with Gasteiger partial charge in [-0.2, -0.15) is 0 Å². The number of ether oxygens (including phenoxy) is 2. The Hall–Kier alpha value is -2.04. The standard InChI is InChI=1S/C19H27NO4/c1-5-16(24-17-8-6-7-13(2)14(17)3)18(21)20-11-9-15(10-12-20)19(22)23-4/h6-8,15-16H,5,9-12H2,1-4H3/t16-/m0/s1. The van der Waals surface area contributed by atoms with Crippen LogP contribution in [0.4, 0.5) is 0 Å². The summed E-state index contributed by atoms with van der Waals surface area (Å²) in [7, 11) is 1.41. The minimum atomic E-state index is -0.486. The van der Waals surface area contributed by atoms with Crippen molar-refractivity contribution in [3.05, 3.63) is 29.3 Å². The minimum absolute atomic E-state index is 0.00159. The zero-order valence-electron chi connectivity index (χ0n) is 15.0. The molecule has 0 unspecified atom stereocenters. The zero-order chi connectivity index (χ0) is 17.7. The van der Waals surface area contributed by atoms with Crippen LogP contribution in [0.5, 0.6) is 5.75 Å². The number of amides is 1. The third-order valence-corrected chi connectivity index (χ3v) is 4.81. The van der Waals surface area contributed by atoms with Gasteiger partial charge in [0, 0.05) is 13.1 Å². The molecule has 1 heterocycles. The Labute approximate surface area is 143 Å². The van der Waals surface area contributed by atoms with Crippen LogP contribution in [-0.4, -0.2) is 43.1 Å². The number of nitrogens with zero attached hydrogens (tertiary/aromatic N) is 1. The normalized spacial score (nSPS) is 16.6. The van der Waals surface area contributed by atoms with E-state index in [4.69, 9.17) is 9.47 Å². The first-order valence-corrected chi connectivity index (χ1v) is 8.57. The van der Waals surface area contributed by atoms with Crippen LogP contribution in [0.1, 0.15) is 37.3 Å². The number of piperidine rings is 1. The van der Waals surface area contributed by atoms with Crippen LogP contribution in [0.15, 0.2) is 18.2 Å². The molecule has 5 nitrogen and oxygen atoms in total. The molecule has 1 atom stereocenters. The second kappa shape index (κ2) is 8.18. The van der Waals surface area contributed by atoms with E-state index in [0.717, 1.165) is 16.9 Å². The lowest BCUT2D eigenvalue weighted by atomic mass is 9.96. The van der Waals surface area contributed by atoms with Crippen LogP contribution in [0.25, 0.3) is 0 Å². The molecule has 0 N–H and O–H groups in total. The van der Waals surface area contributed by atoms with Crippen LogP contribution in [0, 0.1) is 19.8 Å². The van der Waals surface area contributed by atoms with E-state index in [9.17, 15) is 9.59 Å². The lowest BCUT2D eigenvalue weighted by Crippen LogP contribution is -2.46. The molecule has 1 amide bonds. The van der Waals surface area contributed by atoms with Crippen molar-refractivity contribution in [2.45, 2.75) is 46.1 Å². The van der Waals surface area contributed by atoms with Gasteiger partial charge in [-0.25, -0.2) is 0 Å². The van der Waals surface area contributed by atoms with E-state index < -0.39 is 6.10 Å². The van der Waals surface area contributed by atoms with E-state index in [0.29, 0.717) is 32.4 Å². The van der Waals surface area contributed by atoms with Crippen LogP contribution in [-0.2, 0) is 14.3 Å². The van der Waals surface area contributed by atoms with E-state index in [2.05, 4.69) is 0 Å². The molecule has 1 aromatic rings. The largest absolute Gasteiger partial charge is 0.480 e. The second-order valence-electron chi connectivity index (χ2n) is 6.34. The topological polar surface area (TPSA) is 55.8 Å². The summed E-state index contributed by atoms with van der Waals surface area (Å²) < 4.78 is 10.8. The summed E-state index contributed by atoms with van der Waals surface area (Å²) >= 11 is 0. The van der Waals surface area contributed by atoms with Crippen molar-refractivity contribution in [1.82, 2.24) is 4.90 Å². The number of carbonyl (C=O) groups excluding carboxylic acids is 2. The lowest BCUT2D eigenvalue weighted by molar-refractivity contribution is -0.150. The Kier molecular flexibility index (Phi) is 6.23. The van der Waals surface area contributed by atoms with Crippen molar-refractivity contribution in [1.29, 1.82) is 0 Å². The Morgan fingerprint density at radius 2 is 1.92 bits per heavy atom. The lowest BCUT2D eigenvalue weighted by Gasteiger charge is -2.33. The van der Waals surface area contributed by atoms with Crippen molar-refractivity contribution in [3.63, 3.8) is 0 Å². The second-order valence-corrected chi connectivity index (χ2v) is 6.34. The number of methoxy groups -OCH3 is 1. The number of esters is 1. The summed E-state index contributed by atoms with van der Waals surface area (Å²) in [5, 5.41) is 0.